The Balaban J connectivity index is 0.000000147. The summed E-state index contributed by atoms with van der Waals surface area (Å²) in [5, 5.41) is 3.39. The third-order valence-electron chi connectivity index (χ3n) is 15.2. The molecule has 3 aliphatic heterocycles. The number of nitrogens with one attached hydrogen (secondary N) is 1. The molecule has 3 aromatic heterocycles. The zero-order valence-electron chi connectivity index (χ0n) is 48.0. The predicted octanol–water partition coefficient (Wildman–Crippen LogP) is 10.8. The molecule has 0 saturated carbocycles. The quantitative estimate of drug-likeness (QED) is 0.154. The van der Waals surface area contributed by atoms with Crippen LogP contribution in [-0.4, -0.2) is 161 Å². The van der Waals surface area contributed by atoms with Crippen LogP contribution < -0.4 is 5.32 Å². The third-order valence-corrected chi connectivity index (χ3v) is 15.2. The molecule has 3 aliphatic carbocycles. The number of rotatable bonds is 7. The molecule has 0 unspecified atom stereocenters. The van der Waals surface area contributed by atoms with Crippen LogP contribution in [0.15, 0.2) is 122 Å². The summed E-state index contributed by atoms with van der Waals surface area (Å²) in [5.74, 6) is 6.69. The Kier molecular flexibility index (Phi) is 19.2. The average molecular weight is 1110 g/mol. The number of ether oxygens (including phenoxy) is 2. The lowest BCUT2D eigenvalue weighted by Gasteiger charge is -2.35. The van der Waals surface area contributed by atoms with Gasteiger partial charge in [-0.1, -0.05) is 109 Å². The number of pyridine rings is 3. The normalized spacial score (nSPS) is 16.5. The molecule has 14 heteroatoms. The molecular formula is C67H78ClN9O4. The van der Waals surface area contributed by atoms with Gasteiger partial charge in [0.15, 0.2) is 0 Å². The summed E-state index contributed by atoms with van der Waals surface area (Å²) in [6, 6.07) is 31.9. The molecule has 3 aromatic carbocycles. The fraction of sp³-hybridized carbons (Fsp3) is 0.388. The molecule has 0 radical (unpaired) electrons. The largest absolute Gasteiger partial charge is 0.444 e. The molecule has 0 spiro atoms. The van der Waals surface area contributed by atoms with Gasteiger partial charge in [-0.2, -0.15) is 0 Å². The van der Waals surface area contributed by atoms with Crippen LogP contribution in [0.2, 0.25) is 0 Å². The van der Waals surface area contributed by atoms with Gasteiger partial charge in [-0.25, -0.2) is 9.59 Å². The van der Waals surface area contributed by atoms with Gasteiger partial charge in [0.2, 0.25) is 0 Å². The lowest BCUT2D eigenvalue weighted by molar-refractivity contribution is 0.0145. The summed E-state index contributed by atoms with van der Waals surface area (Å²) < 4.78 is 10.9. The van der Waals surface area contributed by atoms with Crippen LogP contribution in [-0.2, 0) is 28.7 Å². The Bertz CT molecular complexity index is 3290. The number of nitrogens with zero attached hydrogens (tertiary/aromatic N) is 8. The number of carbonyl (C=O) groups is 2. The standard InChI is InChI=1S/C24H29N3O2.C24H27N3O2.C19H21N3.ClH/c2*1-24(2,3)29-23(28)27-15-13-26(14-16-27)12-6-8-18-10-11-25-21-17-19-7-4-5-9-20(19)22(18)21;1-2-6-17-16(4-1)14-18-19(17)15(7-8-21-18)5-3-11-22-12-9-20-10-13-22;/h4-11H,12-17H2,1-3H3;4-5,7,9-11H,12-17H2,1-3H3;1-8,20H,9-14H2;1H/b8-6-;;5-3-;. The fourth-order valence-electron chi connectivity index (χ4n) is 11.2. The Labute approximate surface area is 485 Å². The minimum atomic E-state index is -0.455. The molecule has 0 bridgehead atoms. The lowest BCUT2D eigenvalue weighted by atomic mass is 10.0. The Hall–Kier alpha value is -7.18. The summed E-state index contributed by atoms with van der Waals surface area (Å²) in [6.45, 7) is 24.6. The van der Waals surface area contributed by atoms with Crippen LogP contribution in [0.25, 0.3) is 45.5 Å². The first-order valence-electron chi connectivity index (χ1n) is 28.6. The zero-order chi connectivity index (χ0) is 55.6. The van der Waals surface area contributed by atoms with Crippen LogP contribution in [0.1, 0.15) is 92.0 Å². The number of amides is 2. The minimum absolute atomic E-state index is 0. The number of hydrogen-bond acceptors (Lipinski definition) is 11. The number of fused-ring (bicyclic) bond motifs is 9. The van der Waals surface area contributed by atoms with E-state index in [1.807, 2.05) is 66.2 Å². The monoisotopic (exact) mass is 1110 g/mol. The van der Waals surface area contributed by atoms with Crippen molar-refractivity contribution >= 4 is 36.7 Å². The molecule has 6 aliphatic rings. The smallest absolute Gasteiger partial charge is 0.410 e. The van der Waals surface area contributed by atoms with E-state index in [0.717, 1.165) is 96.0 Å². The second-order valence-corrected chi connectivity index (χ2v) is 23.3. The SMILES string of the molecule is C(=C/c1ccnc2c1-c1ccccc1C2)/CN1CCNCC1.CC(C)(C)OC(=O)N1CCN(C/C=C\c2ccnc3c2-c2ccccc2C3)CC1.CC(C)(C)OC(=O)N1CCN(CC#Cc2ccnc3c2-c2ccccc2C3)CC1.Cl. The number of hydrogen-bond donors (Lipinski definition) is 1. The maximum atomic E-state index is 12.2. The molecule has 81 heavy (non-hydrogen) atoms. The number of benzene rings is 3. The topological polar surface area (TPSA) is 120 Å². The number of carbonyl (C=O) groups excluding carboxylic acids is 2. The van der Waals surface area contributed by atoms with Crippen LogP contribution in [0.5, 0.6) is 0 Å². The van der Waals surface area contributed by atoms with Crippen molar-refractivity contribution in [3.63, 3.8) is 0 Å². The Morgan fingerprint density at radius 3 is 1.37 bits per heavy atom. The summed E-state index contributed by atoms with van der Waals surface area (Å²) in [4.78, 5) is 48.8. The zero-order valence-corrected chi connectivity index (χ0v) is 48.9. The summed E-state index contributed by atoms with van der Waals surface area (Å²) in [6.07, 6.45) is 17.0. The number of aromatic nitrogens is 3. The first kappa shape index (κ1) is 58.5. The highest BCUT2D eigenvalue weighted by molar-refractivity contribution is 5.86. The van der Waals surface area contributed by atoms with E-state index >= 15 is 0 Å². The highest BCUT2D eigenvalue weighted by Crippen LogP contribution is 2.40. The Morgan fingerprint density at radius 1 is 0.519 bits per heavy atom. The predicted molar refractivity (Wildman–Crippen MR) is 327 cm³/mol. The molecule has 1 N–H and O–H groups in total. The van der Waals surface area contributed by atoms with Crippen molar-refractivity contribution in [1.29, 1.82) is 0 Å². The molecule has 2 amide bonds. The summed E-state index contributed by atoms with van der Waals surface area (Å²) in [5.41, 5.74) is 17.9. The minimum Gasteiger partial charge on any atom is -0.444 e. The second-order valence-electron chi connectivity index (χ2n) is 23.3. The van der Waals surface area contributed by atoms with E-state index in [-0.39, 0.29) is 24.6 Å². The summed E-state index contributed by atoms with van der Waals surface area (Å²) in [7, 11) is 0. The molecule has 13 nitrogen and oxygen atoms in total. The van der Waals surface area contributed by atoms with Crippen molar-refractivity contribution in [2.75, 3.05) is 98.2 Å². The molecule has 3 saturated heterocycles. The van der Waals surface area contributed by atoms with Gasteiger partial charge in [-0.15, -0.1) is 12.4 Å². The average Bonchev–Trinajstić information content (AvgIpc) is 4.18. The Morgan fingerprint density at radius 2 is 0.914 bits per heavy atom. The van der Waals surface area contributed by atoms with E-state index in [4.69, 9.17) is 9.47 Å². The highest BCUT2D eigenvalue weighted by Gasteiger charge is 2.28. The van der Waals surface area contributed by atoms with Gasteiger partial charge in [-0.05, 0) is 104 Å². The molecular weight excluding hydrogens is 1030 g/mol. The van der Waals surface area contributed by atoms with E-state index in [1.165, 1.54) is 72.6 Å². The molecule has 422 valence electrons. The molecule has 6 aromatic rings. The molecule has 6 heterocycles. The lowest BCUT2D eigenvalue weighted by Crippen LogP contribution is -2.50. The van der Waals surface area contributed by atoms with Crippen LogP contribution in [0, 0.1) is 11.8 Å². The summed E-state index contributed by atoms with van der Waals surface area (Å²) >= 11 is 0. The van der Waals surface area contributed by atoms with Crippen molar-refractivity contribution in [3.05, 3.63) is 172 Å². The van der Waals surface area contributed by atoms with Gasteiger partial charge in [0.25, 0.3) is 0 Å². The van der Waals surface area contributed by atoms with Crippen LogP contribution in [0.3, 0.4) is 0 Å². The van der Waals surface area contributed by atoms with Crippen molar-refractivity contribution in [2.45, 2.75) is 72.0 Å². The molecule has 3 fully saturated rings. The molecule has 12 rings (SSSR count). The van der Waals surface area contributed by atoms with E-state index in [2.05, 4.69) is 156 Å². The van der Waals surface area contributed by atoms with Gasteiger partial charge in [-0.3, -0.25) is 29.7 Å². The first-order valence-corrected chi connectivity index (χ1v) is 28.6. The van der Waals surface area contributed by atoms with E-state index in [9.17, 15) is 9.59 Å². The van der Waals surface area contributed by atoms with Gasteiger partial charge >= 0.3 is 12.2 Å². The maximum Gasteiger partial charge on any atom is 0.410 e. The van der Waals surface area contributed by atoms with Crippen LogP contribution in [0.4, 0.5) is 9.59 Å². The van der Waals surface area contributed by atoms with Gasteiger partial charge in [0.05, 0.1) is 23.6 Å². The van der Waals surface area contributed by atoms with E-state index in [1.54, 1.807) is 9.80 Å². The van der Waals surface area contributed by atoms with Crippen LogP contribution >= 0.6 is 12.4 Å². The first-order chi connectivity index (χ1) is 38.7. The fourth-order valence-corrected chi connectivity index (χ4v) is 11.2. The van der Waals surface area contributed by atoms with E-state index < -0.39 is 11.2 Å². The van der Waals surface area contributed by atoms with Crippen molar-refractivity contribution in [3.8, 4) is 45.2 Å². The maximum absolute atomic E-state index is 12.2. The van der Waals surface area contributed by atoms with Gasteiger partial charge in [0.1, 0.15) is 11.2 Å². The molecule has 0 atom stereocenters. The van der Waals surface area contributed by atoms with Gasteiger partial charge < -0.3 is 24.6 Å². The van der Waals surface area contributed by atoms with Crippen molar-refractivity contribution in [1.82, 2.24) is 44.8 Å². The van der Waals surface area contributed by atoms with Gasteiger partial charge in [0, 0.05) is 152 Å². The second kappa shape index (κ2) is 26.6. The number of halogens is 1. The number of piperazine rings is 3. The highest BCUT2D eigenvalue weighted by atomic mass is 35.5. The van der Waals surface area contributed by atoms with E-state index in [0.29, 0.717) is 32.7 Å². The van der Waals surface area contributed by atoms with Crippen molar-refractivity contribution in [2.24, 2.45) is 0 Å². The third kappa shape index (κ3) is 15.0. The van der Waals surface area contributed by atoms with Crippen molar-refractivity contribution < 1.29 is 19.1 Å².